The fraction of sp³-hybridized carbons (Fsp3) is 0.880. The first-order valence-electron chi connectivity index (χ1n) is 11.7. The molecule has 0 aromatic heterocycles. The average Bonchev–Trinajstić information content (AvgIpc) is 2.57. The van der Waals surface area contributed by atoms with E-state index in [1.807, 2.05) is 62.3 Å². The maximum absolute atomic E-state index is 12.7. The molecule has 0 bridgehead atoms. The van der Waals surface area contributed by atoms with Crippen molar-refractivity contribution >= 4 is 17.5 Å². The summed E-state index contributed by atoms with van der Waals surface area (Å²) in [6.45, 7) is 18.5. The van der Waals surface area contributed by atoms with Crippen LogP contribution in [0.2, 0.25) is 0 Å². The molecule has 5 heteroatoms. The van der Waals surface area contributed by atoms with Gasteiger partial charge in [-0.25, -0.2) is 0 Å². The number of Topliss-reactive ketones (excluding diaryl/α,β-unsaturated/α-hetero) is 2. The molecule has 176 valence electrons. The second-order valence-electron chi connectivity index (χ2n) is 11.6. The van der Waals surface area contributed by atoms with Gasteiger partial charge in [-0.2, -0.15) is 0 Å². The highest BCUT2D eigenvalue weighted by Crippen LogP contribution is 2.21. The summed E-state index contributed by atoms with van der Waals surface area (Å²) in [5, 5.41) is 6.35. The Labute approximate surface area is 185 Å². The molecule has 30 heavy (non-hydrogen) atoms. The fourth-order valence-electron chi connectivity index (χ4n) is 3.22. The highest BCUT2D eigenvalue weighted by atomic mass is 16.2. The van der Waals surface area contributed by atoms with Gasteiger partial charge in [0.1, 0.15) is 5.78 Å². The lowest BCUT2D eigenvalue weighted by molar-refractivity contribution is -0.129. The summed E-state index contributed by atoms with van der Waals surface area (Å²) in [4.78, 5) is 36.8. The van der Waals surface area contributed by atoms with E-state index in [1.165, 1.54) is 0 Å². The first-order chi connectivity index (χ1) is 13.5. The zero-order chi connectivity index (χ0) is 23.6. The number of ketones is 2. The second kappa shape index (κ2) is 12.6. The van der Waals surface area contributed by atoms with Gasteiger partial charge in [-0.1, -0.05) is 60.8 Å². The number of amides is 1. The SMILES string of the molecule is CC(C)(C)NC(CCC(=O)NCCCCCCCC(=O)C(C)(C)C)C(=O)C(C)(C)C. The summed E-state index contributed by atoms with van der Waals surface area (Å²) in [5.41, 5.74) is -0.848. The van der Waals surface area contributed by atoms with E-state index in [0.29, 0.717) is 31.6 Å². The number of rotatable bonds is 13. The lowest BCUT2D eigenvalue weighted by Gasteiger charge is -2.31. The van der Waals surface area contributed by atoms with Crippen LogP contribution in [0.15, 0.2) is 0 Å². The van der Waals surface area contributed by atoms with E-state index in [0.717, 1.165) is 32.1 Å². The Hall–Kier alpha value is -1.23. The van der Waals surface area contributed by atoms with Gasteiger partial charge in [0, 0.05) is 35.8 Å². The van der Waals surface area contributed by atoms with Crippen LogP contribution in [0.1, 0.15) is 114 Å². The smallest absolute Gasteiger partial charge is 0.220 e. The van der Waals surface area contributed by atoms with E-state index in [-0.39, 0.29) is 28.7 Å². The van der Waals surface area contributed by atoms with Crippen molar-refractivity contribution in [3.8, 4) is 0 Å². The number of carbonyl (C=O) groups excluding carboxylic acids is 3. The molecule has 0 aliphatic heterocycles. The van der Waals surface area contributed by atoms with Gasteiger partial charge in [0.25, 0.3) is 0 Å². The molecular formula is C25H48N2O3. The van der Waals surface area contributed by atoms with Crippen LogP contribution in [0.4, 0.5) is 0 Å². The molecular weight excluding hydrogens is 376 g/mol. The molecule has 0 fully saturated rings. The van der Waals surface area contributed by atoms with Gasteiger partial charge < -0.3 is 10.6 Å². The number of nitrogens with one attached hydrogen (secondary N) is 2. The molecule has 0 aromatic rings. The first kappa shape index (κ1) is 28.8. The lowest BCUT2D eigenvalue weighted by atomic mass is 9.84. The van der Waals surface area contributed by atoms with E-state index >= 15 is 0 Å². The highest BCUT2D eigenvalue weighted by Gasteiger charge is 2.32. The molecule has 1 unspecified atom stereocenters. The van der Waals surface area contributed by atoms with E-state index in [4.69, 9.17) is 0 Å². The maximum Gasteiger partial charge on any atom is 0.220 e. The van der Waals surface area contributed by atoms with Crippen LogP contribution in [0.5, 0.6) is 0 Å². The molecule has 0 aromatic carbocycles. The number of hydrogen-bond donors (Lipinski definition) is 2. The van der Waals surface area contributed by atoms with Gasteiger partial charge in [-0.05, 0) is 40.0 Å². The van der Waals surface area contributed by atoms with Crippen LogP contribution < -0.4 is 10.6 Å². The van der Waals surface area contributed by atoms with Crippen LogP contribution in [-0.2, 0) is 14.4 Å². The first-order valence-corrected chi connectivity index (χ1v) is 11.7. The third-order valence-electron chi connectivity index (χ3n) is 5.06. The Morgan fingerprint density at radius 3 is 1.73 bits per heavy atom. The van der Waals surface area contributed by atoms with Gasteiger partial charge >= 0.3 is 0 Å². The summed E-state index contributed by atoms with van der Waals surface area (Å²) in [7, 11) is 0. The molecule has 1 amide bonds. The predicted molar refractivity (Wildman–Crippen MR) is 126 cm³/mol. The van der Waals surface area contributed by atoms with Crippen molar-refractivity contribution in [3.63, 3.8) is 0 Å². The minimum absolute atomic E-state index is 0.00759. The van der Waals surface area contributed by atoms with Gasteiger partial charge in [0.05, 0.1) is 6.04 Å². The van der Waals surface area contributed by atoms with Crippen molar-refractivity contribution in [2.45, 2.75) is 125 Å². The quantitative estimate of drug-likeness (QED) is 0.398. The molecule has 0 aliphatic rings. The second-order valence-corrected chi connectivity index (χ2v) is 11.6. The monoisotopic (exact) mass is 424 g/mol. The largest absolute Gasteiger partial charge is 0.356 e. The third kappa shape index (κ3) is 13.9. The Bertz CT molecular complexity index is 548. The minimum Gasteiger partial charge on any atom is -0.356 e. The van der Waals surface area contributed by atoms with E-state index < -0.39 is 5.41 Å². The van der Waals surface area contributed by atoms with Crippen LogP contribution in [0, 0.1) is 10.8 Å². The average molecular weight is 425 g/mol. The van der Waals surface area contributed by atoms with Gasteiger partial charge in [-0.15, -0.1) is 0 Å². The van der Waals surface area contributed by atoms with Gasteiger partial charge in [0.2, 0.25) is 5.91 Å². The zero-order valence-electron chi connectivity index (χ0n) is 21.2. The fourth-order valence-corrected chi connectivity index (χ4v) is 3.22. The van der Waals surface area contributed by atoms with E-state index in [2.05, 4.69) is 10.6 Å². The van der Waals surface area contributed by atoms with Crippen LogP contribution in [0.3, 0.4) is 0 Å². The molecule has 2 N–H and O–H groups in total. The molecule has 0 spiro atoms. The molecule has 0 saturated carbocycles. The summed E-state index contributed by atoms with van der Waals surface area (Å²) < 4.78 is 0. The van der Waals surface area contributed by atoms with Crippen LogP contribution >= 0.6 is 0 Å². The molecule has 0 rings (SSSR count). The van der Waals surface area contributed by atoms with E-state index in [1.54, 1.807) is 0 Å². The number of hydrogen-bond acceptors (Lipinski definition) is 4. The molecule has 5 nitrogen and oxygen atoms in total. The van der Waals surface area contributed by atoms with Crippen molar-refractivity contribution in [3.05, 3.63) is 0 Å². The van der Waals surface area contributed by atoms with Gasteiger partial charge in [-0.3, -0.25) is 14.4 Å². The maximum atomic E-state index is 12.7. The topological polar surface area (TPSA) is 75.3 Å². The van der Waals surface area contributed by atoms with Crippen molar-refractivity contribution < 1.29 is 14.4 Å². The Balaban J connectivity index is 4.09. The molecule has 1 atom stereocenters. The van der Waals surface area contributed by atoms with Crippen molar-refractivity contribution in [2.75, 3.05) is 6.54 Å². The van der Waals surface area contributed by atoms with E-state index in [9.17, 15) is 14.4 Å². The Morgan fingerprint density at radius 2 is 1.23 bits per heavy atom. The van der Waals surface area contributed by atoms with Crippen molar-refractivity contribution in [2.24, 2.45) is 10.8 Å². The lowest BCUT2D eigenvalue weighted by Crippen LogP contribution is -2.51. The van der Waals surface area contributed by atoms with Crippen molar-refractivity contribution in [1.29, 1.82) is 0 Å². The van der Waals surface area contributed by atoms with Crippen LogP contribution in [-0.4, -0.2) is 35.6 Å². The Kier molecular flexibility index (Phi) is 12.1. The molecule has 0 heterocycles. The van der Waals surface area contributed by atoms with Gasteiger partial charge in [0.15, 0.2) is 5.78 Å². The normalized spacial score (nSPS) is 13.8. The summed E-state index contributed by atoms with van der Waals surface area (Å²) in [6.07, 6.45) is 6.63. The summed E-state index contributed by atoms with van der Waals surface area (Å²) >= 11 is 0. The third-order valence-corrected chi connectivity index (χ3v) is 5.06. The summed E-state index contributed by atoms with van der Waals surface area (Å²) in [6, 6.07) is -0.313. The van der Waals surface area contributed by atoms with Crippen molar-refractivity contribution in [1.82, 2.24) is 10.6 Å². The number of carbonyl (C=O) groups is 3. The Morgan fingerprint density at radius 1 is 0.700 bits per heavy atom. The predicted octanol–water partition coefficient (Wildman–Crippen LogP) is 5.21. The molecule has 0 saturated heterocycles. The standard InChI is InChI=1S/C25H48N2O3/c1-23(2,3)20(28)15-13-11-10-12-14-18-26-21(29)17-16-19(27-25(7,8)9)22(30)24(4,5)6/h19,27H,10-18H2,1-9H3,(H,26,29). The highest BCUT2D eigenvalue weighted by molar-refractivity contribution is 5.89. The minimum atomic E-state index is -0.434. The number of unbranched alkanes of at least 4 members (excludes halogenated alkanes) is 4. The van der Waals surface area contributed by atoms with Crippen LogP contribution in [0.25, 0.3) is 0 Å². The molecule has 0 aliphatic carbocycles. The zero-order valence-corrected chi connectivity index (χ0v) is 21.2. The summed E-state index contributed by atoms with van der Waals surface area (Å²) in [5.74, 6) is 0.488. The molecule has 0 radical (unpaired) electrons.